The van der Waals surface area contributed by atoms with Crippen LogP contribution in [0.1, 0.15) is 25.3 Å². The van der Waals surface area contributed by atoms with Gasteiger partial charge in [0.1, 0.15) is 21.3 Å². The lowest BCUT2D eigenvalue weighted by Gasteiger charge is -2.13. The molecule has 0 saturated carbocycles. The molecule has 6 nitrogen and oxygen atoms in total. The van der Waals surface area contributed by atoms with Crippen LogP contribution in [0.2, 0.25) is 0 Å². The molecular formula is C22H18BrN3O3S2. The smallest absolute Gasteiger partial charge is 0.269 e. The minimum Gasteiger partial charge on any atom is -0.438 e. The number of unbranched alkanes of at least 4 members (excludes halogenated alkanes) is 1. The molecule has 0 N–H and O–H groups in total. The maximum Gasteiger partial charge on any atom is 0.269 e. The van der Waals surface area contributed by atoms with Crippen LogP contribution in [-0.4, -0.2) is 31.1 Å². The Morgan fingerprint density at radius 3 is 2.71 bits per heavy atom. The zero-order valence-corrected chi connectivity index (χ0v) is 19.8. The van der Waals surface area contributed by atoms with Gasteiger partial charge < -0.3 is 4.74 Å². The summed E-state index contributed by atoms with van der Waals surface area (Å²) in [4.78, 5) is 32.6. The van der Waals surface area contributed by atoms with Crippen LogP contribution in [0.4, 0.5) is 0 Å². The van der Waals surface area contributed by atoms with E-state index in [2.05, 4.69) is 27.8 Å². The minimum atomic E-state index is -0.323. The average molecular weight is 516 g/mol. The number of rotatable bonds is 6. The molecule has 0 unspecified atom stereocenters. The van der Waals surface area contributed by atoms with E-state index < -0.39 is 0 Å². The predicted octanol–water partition coefficient (Wildman–Crippen LogP) is 5.25. The molecule has 0 aliphatic carbocycles. The van der Waals surface area contributed by atoms with E-state index in [9.17, 15) is 9.59 Å². The van der Waals surface area contributed by atoms with Gasteiger partial charge in [0.2, 0.25) is 5.88 Å². The molecule has 1 aliphatic rings. The number of halogens is 1. The molecule has 1 aliphatic heterocycles. The van der Waals surface area contributed by atoms with E-state index in [0.717, 1.165) is 17.3 Å². The fourth-order valence-electron chi connectivity index (χ4n) is 3.04. The molecule has 1 fully saturated rings. The van der Waals surface area contributed by atoms with E-state index in [1.807, 2.05) is 12.1 Å². The highest BCUT2D eigenvalue weighted by Gasteiger charge is 2.32. The van der Waals surface area contributed by atoms with Crippen molar-refractivity contribution >= 4 is 61.9 Å². The van der Waals surface area contributed by atoms with Crippen LogP contribution in [0.3, 0.4) is 0 Å². The number of carbonyl (C=O) groups is 1. The molecule has 9 heteroatoms. The lowest BCUT2D eigenvalue weighted by atomic mass is 10.2. The zero-order chi connectivity index (χ0) is 22.0. The van der Waals surface area contributed by atoms with Crippen molar-refractivity contribution in [1.29, 1.82) is 0 Å². The van der Waals surface area contributed by atoms with Crippen LogP contribution in [-0.2, 0) is 4.79 Å². The topological polar surface area (TPSA) is 63.9 Å². The van der Waals surface area contributed by atoms with E-state index in [1.54, 1.807) is 41.4 Å². The fraction of sp³-hybridized carbons (Fsp3) is 0.182. The summed E-state index contributed by atoms with van der Waals surface area (Å²) in [5, 5.41) is 0. The second-order valence-corrected chi connectivity index (χ2v) is 9.40. The number of hydrogen-bond acceptors (Lipinski definition) is 6. The molecule has 0 bridgehead atoms. The number of amides is 1. The number of carbonyl (C=O) groups excluding carboxylic acids is 1. The lowest BCUT2D eigenvalue weighted by Crippen LogP contribution is -2.29. The van der Waals surface area contributed by atoms with Gasteiger partial charge in [-0.15, -0.1) is 0 Å². The van der Waals surface area contributed by atoms with E-state index in [4.69, 9.17) is 17.0 Å². The van der Waals surface area contributed by atoms with Crippen molar-refractivity contribution in [2.24, 2.45) is 0 Å². The lowest BCUT2D eigenvalue weighted by molar-refractivity contribution is -0.122. The van der Waals surface area contributed by atoms with Crippen molar-refractivity contribution in [2.45, 2.75) is 19.8 Å². The predicted molar refractivity (Wildman–Crippen MR) is 130 cm³/mol. The number of aromatic nitrogens is 2. The van der Waals surface area contributed by atoms with Crippen molar-refractivity contribution in [2.75, 3.05) is 6.54 Å². The Morgan fingerprint density at radius 1 is 1.19 bits per heavy atom. The first-order chi connectivity index (χ1) is 15.0. The highest BCUT2D eigenvalue weighted by atomic mass is 79.9. The highest BCUT2D eigenvalue weighted by molar-refractivity contribution is 9.10. The molecular weight excluding hydrogens is 498 g/mol. The Bertz CT molecular complexity index is 1260. The Morgan fingerprint density at radius 2 is 1.97 bits per heavy atom. The second-order valence-electron chi connectivity index (χ2n) is 6.81. The first kappa shape index (κ1) is 21.7. The Kier molecular flexibility index (Phi) is 6.54. The molecule has 1 amide bonds. The van der Waals surface area contributed by atoms with Crippen LogP contribution in [0.5, 0.6) is 11.6 Å². The van der Waals surface area contributed by atoms with Gasteiger partial charge in [0, 0.05) is 17.2 Å². The van der Waals surface area contributed by atoms with Crippen molar-refractivity contribution in [1.82, 2.24) is 14.3 Å². The summed E-state index contributed by atoms with van der Waals surface area (Å²) < 4.78 is 8.79. The van der Waals surface area contributed by atoms with E-state index in [1.165, 1.54) is 22.2 Å². The van der Waals surface area contributed by atoms with Gasteiger partial charge in [-0.2, -0.15) is 4.98 Å². The largest absolute Gasteiger partial charge is 0.438 e. The number of thiocarbonyl (C=S) groups is 1. The molecule has 0 atom stereocenters. The second kappa shape index (κ2) is 9.33. The summed E-state index contributed by atoms with van der Waals surface area (Å²) in [6.45, 7) is 2.62. The molecule has 3 heterocycles. The van der Waals surface area contributed by atoms with Gasteiger partial charge in [0.05, 0.1) is 4.91 Å². The van der Waals surface area contributed by atoms with Crippen molar-refractivity contribution in [3.63, 3.8) is 0 Å². The SMILES string of the molecule is CCCCN1C(=O)C(=Cc2c(Oc3ccc(Br)cc3)nc3ccccn3c2=O)SC1=S. The number of nitrogens with zero attached hydrogens (tertiary/aromatic N) is 3. The average Bonchev–Trinajstić information content (AvgIpc) is 3.03. The quantitative estimate of drug-likeness (QED) is 0.330. The molecule has 0 radical (unpaired) electrons. The molecule has 2 aromatic heterocycles. The molecule has 3 aromatic rings. The zero-order valence-electron chi connectivity index (χ0n) is 16.6. The summed E-state index contributed by atoms with van der Waals surface area (Å²) in [5.41, 5.74) is 0.325. The first-order valence-corrected chi connectivity index (χ1v) is 11.7. The summed E-state index contributed by atoms with van der Waals surface area (Å²) in [7, 11) is 0. The van der Waals surface area contributed by atoms with Gasteiger partial charge in [0.25, 0.3) is 11.5 Å². The van der Waals surface area contributed by atoms with E-state index >= 15 is 0 Å². The van der Waals surface area contributed by atoms with Crippen molar-refractivity contribution in [3.05, 3.63) is 74.0 Å². The Balaban J connectivity index is 1.80. The van der Waals surface area contributed by atoms with Crippen LogP contribution in [0.25, 0.3) is 11.7 Å². The number of hydrogen-bond donors (Lipinski definition) is 0. The summed E-state index contributed by atoms with van der Waals surface area (Å²) in [5.74, 6) is 0.466. The van der Waals surface area contributed by atoms with Crippen LogP contribution in [0, 0.1) is 0 Å². The third kappa shape index (κ3) is 4.58. The Hall–Kier alpha value is -2.49. The van der Waals surface area contributed by atoms with Gasteiger partial charge in [-0.25, -0.2) is 0 Å². The molecule has 0 spiro atoms. The fourth-order valence-corrected chi connectivity index (χ4v) is 4.59. The van der Waals surface area contributed by atoms with E-state index in [0.29, 0.717) is 27.2 Å². The van der Waals surface area contributed by atoms with Crippen molar-refractivity contribution < 1.29 is 9.53 Å². The van der Waals surface area contributed by atoms with Gasteiger partial charge in [-0.1, -0.05) is 59.3 Å². The highest BCUT2D eigenvalue weighted by Crippen LogP contribution is 2.34. The normalized spacial score (nSPS) is 15.3. The van der Waals surface area contributed by atoms with Crippen LogP contribution in [0.15, 0.2) is 62.8 Å². The number of benzene rings is 1. The summed E-state index contributed by atoms with van der Waals surface area (Å²) in [6, 6.07) is 12.5. The van der Waals surface area contributed by atoms with E-state index in [-0.39, 0.29) is 22.9 Å². The number of fused-ring (bicyclic) bond motifs is 1. The summed E-state index contributed by atoms with van der Waals surface area (Å²) >= 11 is 9.96. The van der Waals surface area contributed by atoms with Gasteiger partial charge >= 0.3 is 0 Å². The van der Waals surface area contributed by atoms with Gasteiger partial charge in [-0.3, -0.25) is 18.9 Å². The Labute approximate surface area is 197 Å². The number of pyridine rings is 1. The molecule has 1 aromatic carbocycles. The molecule has 4 rings (SSSR count). The van der Waals surface area contributed by atoms with Gasteiger partial charge in [0.15, 0.2) is 0 Å². The molecule has 31 heavy (non-hydrogen) atoms. The minimum absolute atomic E-state index is 0.136. The molecule has 158 valence electrons. The number of ether oxygens (including phenoxy) is 1. The maximum atomic E-state index is 13.2. The third-order valence-electron chi connectivity index (χ3n) is 4.65. The molecule has 1 saturated heterocycles. The van der Waals surface area contributed by atoms with Crippen molar-refractivity contribution in [3.8, 4) is 11.6 Å². The standard InChI is InChI=1S/C22H18BrN3O3S2/c1-2-3-11-26-21(28)17(31-22(26)30)13-16-19(29-15-9-7-14(23)8-10-15)24-18-6-4-5-12-25(18)20(16)27/h4-10,12-13H,2-3,11H2,1H3. The van der Waals surface area contributed by atoms with Crippen LogP contribution < -0.4 is 10.3 Å². The first-order valence-electron chi connectivity index (χ1n) is 9.68. The maximum absolute atomic E-state index is 13.2. The van der Waals surface area contributed by atoms with Crippen LogP contribution >= 0.6 is 39.9 Å². The monoisotopic (exact) mass is 515 g/mol. The van der Waals surface area contributed by atoms with Gasteiger partial charge in [-0.05, 0) is 48.9 Å². The third-order valence-corrected chi connectivity index (χ3v) is 6.55. The summed E-state index contributed by atoms with van der Waals surface area (Å²) in [6.07, 6.45) is 4.99. The number of thioether (sulfide) groups is 1.